The summed E-state index contributed by atoms with van der Waals surface area (Å²) >= 11 is 1.22. The molecule has 1 N–H and O–H groups in total. The molecular formula is C12H10N6O2S. The third-order valence-electron chi connectivity index (χ3n) is 2.73. The number of pyridine rings is 2. The highest BCUT2D eigenvalue weighted by molar-refractivity contribution is 7.99. The van der Waals surface area contributed by atoms with Crippen LogP contribution in [0.5, 0.6) is 0 Å². The van der Waals surface area contributed by atoms with Gasteiger partial charge in [-0.15, -0.1) is 10.2 Å². The van der Waals surface area contributed by atoms with Gasteiger partial charge in [0.15, 0.2) is 5.65 Å². The van der Waals surface area contributed by atoms with Crippen LogP contribution in [0.4, 0.5) is 11.5 Å². The van der Waals surface area contributed by atoms with Crippen LogP contribution in [0.1, 0.15) is 0 Å². The Morgan fingerprint density at radius 2 is 2.19 bits per heavy atom. The maximum atomic E-state index is 10.9. The summed E-state index contributed by atoms with van der Waals surface area (Å²) in [7, 11) is 1.66. The summed E-state index contributed by atoms with van der Waals surface area (Å²) in [6.07, 6.45) is 1.83. The molecule has 3 aromatic rings. The zero-order valence-electron chi connectivity index (χ0n) is 10.9. The van der Waals surface area contributed by atoms with Crippen LogP contribution in [-0.4, -0.2) is 31.6 Å². The molecule has 0 spiro atoms. The average Bonchev–Trinajstić information content (AvgIpc) is 2.90. The number of rotatable bonds is 4. The topological polar surface area (TPSA) is 98.2 Å². The fourth-order valence-electron chi connectivity index (χ4n) is 1.76. The molecule has 3 rings (SSSR count). The number of hydrogen-bond donors (Lipinski definition) is 1. The van der Waals surface area contributed by atoms with E-state index in [4.69, 9.17) is 0 Å². The minimum absolute atomic E-state index is 0.0225. The number of fused-ring (bicyclic) bond motifs is 1. The monoisotopic (exact) mass is 302 g/mol. The van der Waals surface area contributed by atoms with Gasteiger partial charge in [0.05, 0.1) is 11.0 Å². The summed E-state index contributed by atoms with van der Waals surface area (Å²) in [4.78, 5) is 14.8. The lowest BCUT2D eigenvalue weighted by Crippen LogP contribution is -1.97. The van der Waals surface area contributed by atoms with Gasteiger partial charge in [0.2, 0.25) is 5.16 Å². The first-order valence-electron chi connectivity index (χ1n) is 5.99. The van der Waals surface area contributed by atoms with Crippen molar-refractivity contribution in [3.8, 4) is 0 Å². The van der Waals surface area contributed by atoms with E-state index in [1.165, 1.54) is 23.9 Å². The quantitative estimate of drug-likeness (QED) is 0.582. The molecule has 0 saturated heterocycles. The van der Waals surface area contributed by atoms with E-state index >= 15 is 0 Å². The minimum Gasteiger partial charge on any atom is -0.373 e. The Bertz CT molecular complexity index is 818. The van der Waals surface area contributed by atoms with Crippen LogP contribution in [0.25, 0.3) is 5.65 Å². The van der Waals surface area contributed by atoms with E-state index in [1.54, 1.807) is 11.4 Å². The number of anilines is 1. The van der Waals surface area contributed by atoms with Gasteiger partial charge in [0.1, 0.15) is 10.8 Å². The zero-order chi connectivity index (χ0) is 14.8. The van der Waals surface area contributed by atoms with Crippen molar-refractivity contribution >= 4 is 28.9 Å². The van der Waals surface area contributed by atoms with E-state index in [0.29, 0.717) is 21.6 Å². The number of nitrogens with one attached hydrogen (secondary N) is 1. The fraction of sp³-hybridized carbons (Fsp3) is 0.0833. The predicted molar refractivity (Wildman–Crippen MR) is 77.5 cm³/mol. The number of nitro groups is 1. The Morgan fingerprint density at radius 3 is 2.95 bits per heavy atom. The van der Waals surface area contributed by atoms with E-state index in [2.05, 4.69) is 20.5 Å². The zero-order valence-corrected chi connectivity index (χ0v) is 11.7. The normalized spacial score (nSPS) is 10.7. The first-order valence-corrected chi connectivity index (χ1v) is 6.81. The molecule has 0 bridgehead atoms. The third kappa shape index (κ3) is 2.63. The van der Waals surface area contributed by atoms with Crippen molar-refractivity contribution in [2.24, 2.45) is 0 Å². The molecule has 0 fully saturated rings. The summed E-state index contributed by atoms with van der Waals surface area (Å²) in [6.45, 7) is 0. The maximum absolute atomic E-state index is 10.9. The van der Waals surface area contributed by atoms with Crippen molar-refractivity contribution < 1.29 is 4.92 Å². The van der Waals surface area contributed by atoms with Crippen molar-refractivity contribution in [2.45, 2.75) is 10.2 Å². The molecule has 0 aliphatic rings. The van der Waals surface area contributed by atoms with Crippen LogP contribution in [0.3, 0.4) is 0 Å². The second-order valence-corrected chi connectivity index (χ2v) is 5.06. The summed E-state index contributed by atoms with van der Waals surface area (Å²) in [6, 6.07) is 8.35. The highest BCUT2D eigenvalue weighted by Crippen LogP contribution is 2.29. The van der Waals surface area contributed by atoms with Crippen LogP contribution in [0.15, 0.2) is 46.7 Å². The predicted octanol–water partition coefficient (Wildman–Crippen LogP) is 2.23. The van der Waals surface area contributed by atoms with Crippen LogP contribution in [-0.2, 0) is 0 Å². The second kappa shape index (κ2) is 5.37. The van der Waals surface area contributed by atoms with Crippen molar-refractivity contribution in [3.05, 3.63) is 46.6 Å². The van der Waals surface area contributed by atoms with E-state index < -0.39 is 4.92 Å². The Morgan fingerprint density at radius 1 is 1.33 bits per heavy atom. The van der Waals surface area contributed by atoms with Gasteiger partial charge < -0.3 is 5.32 Å². The molecule has 0 saturated carbocycles. The van der Waals surface area contributed by atoms with Crippen molar-refractivity contribution in [1.29, 1.82) is 0 Å². The Kier molecular flexibility index (Phi) is 3.40. The second-order valence-electron chi connectivity index (χ2n) is 4.07. The molecule has 0 amide bonds. The van der Waals surface area contributed by atoms with E-state index in [0.717, 1.165) is 0 Å². The lowest BCUT2D eigenvalue weighted by molar-refractivity contribution is -0.385. The van der Waals surface area contributed by atoms with Gasteiger partial charge in [0.25, 0.3) is 5.69 Å². The standard InChI is InChI=1S/C12H10N6O2S/c1-13-9-6-8(18(19)20)7-11(14-9)21-12-16-15-10-4-2-3-5-17(10)12/h2-7H,1H3,(H,13,14). The van der Waals surface area contributed by atoms with Crippen molar-refractivity contribution in [1.82, 2.24) is 19.6 Å². The first-order chi connectivity index (χ1) is 10.2. The molecule has 21 heavy (non-hydrogen) atoms. The van der Waals surface area contributed by atoms with Crippen molar-refractivity contribution in [2.75, 3.05) is 12.4 Å². The largest absolute Gasteiger partial charge is 0.373 e. The molecule has 106 valence electrons. The summed E-state index contributed by atoms with van der Waals surface area (Å²) < 4.78 is 1.80. The first kappa shape index (κ1) is 13.3. The minimum atomic E-state index is -0.450. The van der Waals surface area contributed by atoms with Crippen LogP contribution < -0.4 is 5.32 Å². The van der Waals surface area contributed by atoms with E-state index in [-0.39, 0.29) is 5.69 Å². The Balaban J connectivity index is 2.01. The lowest BCUT2D eigenvalue weighted by atomic mass is 10.4. The molecule has 0 unspecified atom stereocenters. The summed E-state index contributed by atoms with van der Waals surface area (Å²) in [5.41, 5.74) is 0.685. The average molecular weight is 302 g/mol. The van der Waals surface area contributed by atoms with E-state index in [9.17, 15) is 10.1 Å². The van der Waals surface area contributed by atoms with Gasteiger partial charge in [0, 0.05) is 19.3 Å². The van der Waals surface area contributed by atoms with Gasteiger partial charge in [-0.3, -0.25) is 14.5 Å². The highest BCUT2D eigenvalue weighted by Gasteiger charge is 2.14. The van der Waals surface area contributed by atoms with Gasteiger partial charge in [-0.25, -0.2) is 4.98 Å². The van der Waals surface area contributed by atoms with Crippen LogP contribution >= 0.6 is 11.8 Å². The molecule has 0 aliphatic heterocycles. The van der Waals surface area contributed by atoms with Gasteiger partial charge in [-0.2, -0.15) is 0 Å². The third-order valence-corrected chi connectivity index (χ3v) is 3.61. The van der Waals surface area contributed by atoms with Crippen LogP contribution in [0.2, 0.25) is 0 Å². The number of hydrogen-bond acceptors (Lipinski definition) is 7. The van der Waals surface area contributed by atoms with Crippen LogP contribution in [0, 0.1) is 10.1 Å². The summed E-state index contributed by atoms with van der Waals surface area (Å²) in [5.74, 6) is 0.431. The molecule has 0 atom stereocenters. The molecule has 3 aromatic heterocycles. The molecule has 0 aliphatic carbocycles. The molecule has 0 aromatic carbocycles. The SMILES string of the molecule is CNc1cc([N+](=O)[O-])cc(Sc2nnc3ccccn23)n1. The molecular weight excluding hydrogens is 292 g/mol. The molecule has 0 radical (unpaired) electrons. The molecule has 9 heteroatoms. The molecule has 8 nitrogen and oxygen atoms in total. The number of aromatic nitrogens is 4. The van der Waals surface area contributed by atoms with E-state index in [1.807, 2.05) is 24.4 Å². The lowest BCUT2D eigenvalue weighted by Gasteiger charge is -2.03. The fourth-order valence-corrected chi connectivity index (χ4v) is 2.61. The van der Waals surface area contributed by atoms with Gasteiger partial charge in [-0.1, -0.05) is 6.07 Å². The smallest absolute Gasteiger partial charge is 0.275 e. The summed E-state index contributed by atoms with van der Waals surface area (Å²) in [5, 5.41) is 22.9. The highest BCUT2D eigenvalue weighted by atomic mass is 32.2. The number of nitrogens with zero attached hydrogens (tertiary/aromatic N) is 5. The Hall–Kier alpha value is -2.68. The Labute approximate surface area is 123 Å². The van der Waals surface area contributed by atoms with Gasteiger partial charge in [-0.05, 0) is 23.9 Å². The van der Waals surface area contributed by atoms with Crippen molar-refractivity contribution in [3.63, 3.8) is 0 Å². The maximum Gasteiger partial charge on any atom is 0.275 e. The molecule has 3 heterocycles. The van der Waals surface area contributed by atoms with Gasteiger partial charge >= 0.3 is 0 Å².